The number of esters is 1. The highest BCUT2D eigenvalue weighted by molar-refractivity contribution is 5.91. The van der Waals surface area contributed by atoms with Crippen molar-refractivity contribution in [1.29, 1.82) is 0 Å². The van der Waals surface area contributed by atoms with Gasteiger partial charge in [-0.05, 0) is 12.1 Å². The van der Waals surface area contributed by atoms with Crippen molar-refractivity contribution in [3.05, 3.63) is 30.4 Å². The van der Waals surface area contributed by atoms with Gasteiger partial charge in [-0.25, -0.2) is 4.79 Å². The normalized spacial score (nSPS) is 9.56. The third-order valence-electron chi connectivity index (χ3n) is 1.82. The molecule has 5 heteroatoms. The minimum Gasteiger partial charge on any atom is -0.504 e. The summed E-state index contributed by atoms with van der Waals surface area (Å²) in [6, 6.07) is 2.31. The Bertz CT molecular complexity index is 388. The molecule has 0 amide bonds. The average molecular weight is 224 g/mol. The smallest absolute Gasteiger partial charge is 0.338 e. The zero-order valence-corrected chi connectivity index (χ0v) is 8.77. The van der Waals surface area contributed by atoms with Gasteiger partial charge in [0.15, 0.2) is 11.5 Å². The van der Waals surface area contributed by atoms with Gasteiger partial charge < -0.3 is 19.7 Å². The molecule has 0 heterocycles. The minimum atomic E-state index is -0.659. The fourth-order valence-corrected chi connectivity index (χ4v) is 1.14. The Morgan fingerprint density at radius 2 is 2.00 bits per heavy atom. The Kier molecular flexibility index (Phi) is 3.77. The maximum absolute atomic E-state index is 11.4. The number of phenolic OH excluding ortho intramolecular Hbond substituents is 2. The Morgan fingerprint density at radius 1 is 1.44 bits per heavy atom. The molecule has 0 saturated heterocycles. The zero-order chi connectivity index (χ0) is 12.1. The van der Waals surface area contributed by atoms with Gasteiger partial charge in [-0.15, -0.1) is 0 Å². The van der Waals surface area contributed by atoms with Crippen molar-refractivity contribution in [3.63, 3.8) is 0 Å². The summed E-state index contributed by atoms with van der Waals surface area (Å²) in [4.78, 5) is 11.4. The first-order chi connectivity index (χ1) is 7.60. The summed E-state index contributed by atoms with van der Waals surface area (Å²) in [6.45, 7) is 3.45. The molecular weight excluding hydrogens is 212 g/mol. The molecule has 0 unspecified atom stereocenters. The van der Waals surface area contributed by atoms with Crippen molar-refractivity contribution in [2.24, 2.45) is 0 Å². The summed E-state index contributed by atoms with van der Waals surface area (Å²) in [5, 5.41) is 18.9. The molecule has 2 N–H and O–H groups in total. The first-order valence-corrected chi connectivity index (χ1v) is 4.48. The number of rotatable bonds is 4. The highest BCUT2D eigenvalue weighted by Crippen LogP contribution is 2.36. The van der Waals surface area contributed by atoms with Crippen LogP contribution in [0.3, 0.4) is 0 Å². The second-order valence-electron chi connectivity index (χ2n) is 2.93. The number of aromatic hydroxyl groups is 2. The van der Waals surface area contributed by atoms with Crippen molar-refractivity contribution in [2.75, 3.05) is 13.7 Å². The van der Waals surface area contributed by atoms with Crippen molar-refractivity contribution >= 4 is 5.97 Å². The topological polar surface area (TPSA) is 76.0 Å². The summed E-state index contributed by atoms with van der Waals surface area (Å²) in [5.41, 5.74) is 0.0395. The lowest BCUT2D eigenvalue weighted by Crippen LogP contribution is -2.05. The molecule has 0 saturated carbocycles. The molecule has 1 rings (SSSR count). The van der Waals surface area contributed by atoms with E-state index in [0.29, 0.717) is 0 Å². The van der Waals surface area contributed by atoms with E-state index in [1.807, 2.05) is 0 Å². The molecule has 1 aromatic carbocycles. The summed E-state index contributed by atoms with van der Waals surface area (Å²) in [6.07, 6.45) is 1.42. The predicted molar refractivity (Wildman–Crippen MR) is 56.8 cm³/mol. The number of hydrogen-bond donors (Lipinski definition) is 2. The summed E-state index contributed by atoms with van der Waals surface area (Å²) >= 11 is 0. The molecule has 0 aliphatic carbocycles. The van der Waals surface area contributed by atoms with Crippen LogP contribution >= 0.6 is 0 Å². The fourth-order valence-electron chi connectivity index (χ4n) is 1.14. The summed E-state index contributed by atoms with van der Waals surface area (Å²) in [7, 11) is 1.30. The van der Waals surface area contributed by atoms with E-state index >= 15 is 0 Å². The molecule has 0 radical (unpaired) electrons. The molecular formula is C11H12O5. The first kappa shape index (κ1) is 11.9. The highest BCUT2D eigenvalue weighted by atomic mass is 16.5. The van der Waals surface area contributed by atoms with E-state index in [4.69, 9.17) is 9.47 Å². The minimum absolute atomic E-state index is 0.0395. The average Bonchev–Trinajstić information content (AvgIpc) is 2.25. The molecule has 0 spiro atoms. The van der Waals surface area contributed by atoms with Gasteiger partial charge in [0, 0.05) is 0 Å². The lowest BCUT2D eigenvalue weighted by molar-refractivity contribution is 0.0548. The number of hydrogen-bond acceptors (Lipinski definition) is 5. The molecule has 1 aromatic rings. The van der Waals surface area contributed by atoms with Crippen LogP contribution in [0.15, 0.2) is 24.8 Å². The molecule has 0 atom stereocenters. The van der Waals surface area contributed by atoms with Gasteiger partial charge >= 0.3 is 5.97 Å². The standard InChI is InChI=1S/C11H12O5/c1-3-4-16-11(14)7-5-8(12)10(15-2)9(13)6-7/h3,5-6,12-13H,1,4H2,2H3. The summed E-state index contributed by atoms with van der Waals surface area (Å²) < 4.78 is 9.46. The highest BCUT2D eigenvalue weighted by Gasteiger charge is 2.15. The maximum atomic E-state index is 11.4. The number of carbonyl (C=O) groups is 1. The zero-order valence-electron chi connectivity index (χ0n) is 8.77. The van der Waals surface area contributed by atoms with Crippen LogP contribution in [-0.4, -0.2) is 29.9 Å². The molecule has 0 aromatic heterocycles. The van der Waals surface area contributed by atoms with Gasteiger partial charge in [0.1, 0.15) is 6.61 Å². The first-order valence-electron chi connectivity index (χ1n) is 4.48. The lowest BCUT2D eigenvalue weighted by Gasteiger charge is -2.08. The number of benzene rings is 1. The second-order valence-corrected chi connectivity index (χ2v) is 2.93. The van der Waals surface area contributed by atoms with E-state index in [1.165, 1.54) is 13.2 Å². The Hall–Kier alpha value is -2.17. The fraction of sp³-hybridized carbons (Fsp3) is 0.182. The Morgan fingerprint density at radius 3 is 2.44 bits per heavy atom. The molecule has 0 fully saturated rings. The Labute approximate surface area is 92.5 Å². The third-order valence-corrected chi connectivity index (χ3v) is 1.82. The van der Waals surface area contributed by atoms with Crippen molar-refractivity contribution in [1.82, 2.24) is 0 Å². The number of phenols is 2. The largest absolute Gasteiger partial charge is 0.504 e. The van der Waals surface area contributed by atoms with Crippen LogP contribution in [0.4, 0.5) is 0 Å². The molecule has 16 heavy (non-hydrogen) atoms. The van der Waals surface area contributed by atoms with Crippen molar-refractivity contribution in [3.8, 4) is 17.2 Å². The quantitative estimate of drug-likeness (QED) is 0.598. The van der Waals surface area contributed by atoms with Gasteiger partial charge in [-0.2, -0.15) is 0 Å². The van der Waals surface area contributed by atoms with Crippen LogP contribution in [0.2, 0.25) is 0 Å². The van der Waals surface area contributed by atoms with E-state index in [-0.39, 0.29) is 29.4 Å². The van der Waals surface area contributed by atoms with Crippen LogP contribution in [0, 0.1) is 0 Å². The number of methoxy groups -OCH3 is 1. The maximum Gasteiger partial charge on any atom is 0.338 e. The van der Waals surface area contributed by atoms with Crippen LogP contribution in [0.1, 0.15) is 10.4 Å². The van der Waals surface area contributed by atoms with Crippen molar-refractivity contribution in [2.45, 2.75) is 0 Å². The number of carbonyl (C=O) groups excluding carboxylic acids is 1. The van der Waals surface area contributed by atoms with Crippen LogP contribution < -0.4 is 4.74 Å². The van der Waals surface area contributed by atoms with E-state index in [1.54, 1.807) is 0 Å². The van der Waals surface area contributed by atoms with Gasteiger partial charge in [0.05, 0.1) is 12.7 Å². The summed E-state index contributed by atoms with van der Waals surface area (Å²) in [5.74, 6) is -1.39. The Balaban J connectivity index is 2.99. The van der Waals surface area contributed by atoms with E-state index < -0.39 is 5.97 Å². The predicted octanol–water partition coefficient (Wildman–Crippen LogP) is 1.45. The van der Waals surface area contributed by atoms with Gasteiger partial charge in [-0.1, -0.05) is 12.7 Å². The van der Waals surface area contributed by atoms with Crippen LogP contribution in [0.25, 0.3) is 0 Å². The van der Waals surface area contributed by atoms with Gasteiger partial charge in [0.2, 0.25) is 5.75 Å². The van der Waals surface area contributed by atoms with Gasteiger partial charge in [0.25, 0.3) is 0 Å². The van der Waals surface area contributed by atoms with Crippen LogP contribution in [0.5, 0.6) is 17.2 Å². The molecule has 0 aliphatic rings. The third kappa shape index (κ3) is 2.44. The van der Waals surface area contributed by atoms with Crippen molar-refractivity contribution < 1.29 is 24.5 Å². The second kappa shape index (κ2) is 5.06. The van der Waals surface area contributed by atoms with Gasteiger partial charge in [-0.3, -0.25) is 0 Å². The lowest BCUT2D eigenvalue weighted by atomic mass is 10.2. The van der Waals surface area contributed by atoms with E-state index in [9.17, 15) is 15.0 Å². The van der Waals surface area contributed by atoms with E-state index in [0.717, 1.165) is 12.1 Å². The molecule has 5 nitrogen and oxygen atoms in total. The molecule has 0 bridgehead atoms. The number of ether oxygens (including phenoxy) is 2. The monoisotopic (exact) mass is 224 g/mol. The molecule has 86 valence electrons. The molecule has 0 aliphatic heterocycles. The SMILES string of the molecule is C=CCOC(=O)c1cc(O)c(OC)c(O)c1. The van der Waals surface area contributed by atoms with E-state index in [2.05, 4.69) is 6.58 Å². The van der Waals surface area contributed by atoms with Crippen LogP contribution in [-0.2, 0) is 4.74 Å².